The van der Waals surface area contributed by atoms with Crippen LogP contribution in [0, 0.1) is 0 Å². The second-order valence-electron chi connectivity index (χ2n) is 20.4. The Morgan fingerprint density at radius 2 is 0.782 bits per heavy atom. The number of rotatable bonds is 8. The van der Waals surface area contributed by atoms with Crippen molar-refractivity contribution in [2.45, 2.75) is 6.92 Å². The maximum absolute atomic E-state index is 4.24. The predicted molar refractivity (Wildman–Crippen MR) is 339 cm³/mol. The van der Waals surface area contributed by atoms with Gasteiger partial charge in [-0.3, -0.25) is 0 Å². The molecule has 5 heteroatoms. The van der Waals surface area contributed by atoms with Crippen LogP contribution in [0.15, 0.2) is 249 Å². The lowest BCUT2D eigenvalue weighted by atomic mass is 9.92. The molecule has 0 atom stereocenters. The molecule has 0 aliphatic rings. The number of aromatic nitrogens is 3. The minimum atomic E-state index is 1.13. The van der Waals surface area contributed by atoms with Gasteiger partial charge < -0.3 is 13.7 Å². The summed E-state index contributed by atoms with van der Waals surface area (Å²) in [6.45, 7) is 6.33. The maximum atomic E-state index is 4.24. The van der Waals surface area contributed by atoms with Crippen LogP contribution in [-0.4, -0.2) is 13.7 Å². The molecule has 5 aromatic heterocycles. The van der Waals surface area contributed by atoms with Crippen LogP contribution in [0.3, 0.4) is 0 Å². The normalized spacial score (nSPS) is 12.2. The van der Waals surface area contributed by atoms with Crippen molar-refractivity contribution in [1.29, 1.82) is 0 Å². The molecule has 0 aliphatic carbocycles. The molecule has 0 spiro atoms. The molecule has 0 saturated carbocycles. The van der Waals surface area contributed by atoms with Crippen molar-refractivity contribution in [3.05, 3.63) is 260 Å². The Labute approximate surface area is 458 Å². The molecule has 0 aliphatic heterocycles. The summed E-state index contributed by atoms with van der Waals surface area (Å²) < 4.78 is 11.1. The Balaban J connectivity index is 0.869. The molecule has 366 valence electrons. The van der Waals surface area contributed by atoms with Crippen LogP contribution in [0.2, 0.25) is 0 Å². The van der Waals surface area contributed by atoms with Gasteiger partial charge in [-0.1, -0.05) is 152 Å². The van der Waals surface area contributed by atoms with Gasteiger partial charge in [-0.15, -0.1) is 22.7 Å². The minimum Gasteiger partial charge on any atom is -0.309 e. The molecule has 78 heavy (non-hydrogen) atoms. The highest BCUT2D eigenvalue weighted by Gasteiger charge is 2.20. The van der Waals surface area contributed by atoms with Gasteiger partial charge in [0, 0.05) is 84.5 Å². The summed E-state index contributed by atoms with van der Waals surface area (Å²) in [4.78, 5) is 1.18. The van der Waals surface area contributed by atoms with E-state index in [2.05, 4.69) is 276 Å². The van der Waals surface area contributed by atoms with Crippen LogP contribution in [0.5, 0.6) is 0 Å². The van der Waals surface area contributed by atoms with Gasteiger partial charge in [0.2, 0.25) is 0 Å². The van der Waals surface area contributed by atoms with E-state index in [1.54, 1.807) is 0 Å². The molecule has 0 radical (unpaired) electrons. The smallest absolute Gasteiger partial charge is 0.0541 e. The topological polar surface area (TPSA) is 14.8 Å². The van der Waals surface area contributed by atoms with Gasteiger partial charge in [0.25, 0.3) is 0 Å². The van der Waals surface area contributed by atoms with Gasteiger partial charge in [0.15, 0.2) is 0 Å². The number of hydrogen-bond donors (Lipinski definition) is 0. The Morgan fingerprint density at radius 3 is 1.31 bits per heavy atom. The number of para-hydroxylation sites is 5. The average molecular weight is 1030 g/mol. The molecule has 0 amide bonds. The molecule has 0 bridgehead atoms. The summed E-state index contributed by atoms with van der Waals surface area (Å²) in [5.41, 5.74) is 18.9. The number of hydrogen-bond acceptors (Lipinski definition) is 2. The molecule has 5 heterocycles. The first kappa shape index (κ1) is 44.7. The van der Waals surface area contributed by atoms with E-state index in [-0.39, 0.29) is 0 Å². The molecular formula is C73H47N3S2. The third-order valence-electron chi connectivity index (χ3n) is 16.1. The third kappa shape index (κ3) is 6.75. The number of nitrogens with zero attached hydrogens (tertiary/aromatic N) is 3. The van der Waals surface area contributed by atoms with Crippen LogP contribution < -0.4 is 0 Å². The Morgan fingerprint density at radius 1 is 0.333 bits per heavy atom. The highest BCUT2D eigenvalue weighted by Crippen LogP contribution is 2.45. The predicted octanol–water partition coefficient (Wildman–Crippen LogP) is 21.2. The van der Waals surface area contributed by atoms with Gasteiger partial charge >= 0.3 is 0 Å². The summed E-state index contributed by atoms with van der Waals surface area (Å²) in [6.07, 6.45) is 6.35. The van der Waals surface area contributed by atoms with Crippen LogP contribution in [0.4, 0.5) is 0 Å². The van der Waals surface area contributed by atoms with Gasteiger partial charge in [-0.2, -0.15) is 0 Å². The Kier molecular flexibility index (Phi) is 10.0. The van der Waals surface area contributed by atoms with E-state index in [0.717, 1.165) is 22.5 Å². The number of benzene rings is 11. The first-order valence-electron chi connectivity index (χ1n) is 26.6. The van der Waals surface area contributed by atoms with E-state index in [0.29, 0.717) is 0 Å². The van der Waals surface area contributed by atoms with Crippen LogP contribution in [0.25, 0.3) is 158 Å². The molecule has 11 aromatic carbocycles. The molecule has 16 rings (SSSR count). The molecule has 3 nitrogen and oxygen atoms in total. The first-order chi connectivity index (χ1) is 38.6. The average Bonchev–Trinajstić information content (AvgIpc) is 4.50. The molecule has 0 unspecified atom stereocenters. The Bertz CT molecular complexity index is 5090. The SMILES string of the molecule is C=Cc1sc2c(-c3cc(-c4cccc(-n5c6ccccc6c6ccccc65)c4)cc(-c4ccc5c(c4)c4ccccc4n5-c4ccc5sc6ccc(-n7c8ccccc8c8ccccc87)cc6c5c4)c3)cccc2c1/C=C\C. The lowest BCUT2D eigenvalue weighted by Gasteiger charge is -2.14. The van der Waals surface area contributed by atoms with Gasteiger partial charge in [-0.25, -0.2) is 0 Å². The van der Waals surface area contributed by atoms with E-state index >= 15 is 0 Å². The zero-order valence-electron chi connectivity index (χ0n) is 42.6. The standard InChI is InChI=1S/C73H47N3S2/c1-3-17-59-60-26-16-25-53(73(60)78-70(59)4-2)49-39-47(45-18-15-19-50(41-45)74-64-27-10-5-20-54(64)55-21-6-11-28-65(55)74)38-48(40-49)46-32-35-69-61(42-46)58-24-9-14-31-68(58)76(69)52-34-37-72-63(44-52)62-43-51(33-36-71(62)77-72)75-66-29-12-7-22-56(66)57-23-8-13-30-67(57)75/h3-44H,2H2,1H3/b17-3-. The highest BCUT2D eigenvalue weighted by molar-refractivity contribution is 7.25. The van der Waals surface area contributed by atoms with Gasteiger partial charge in [0.05, 0.1) is 33.1 Å². The summed E-state index contributed by atoms with van der Waals surface area (Å²) >= 11 is 3.69. The Hall–Kier alpha value is -9.52. The van der Waals surface area contributed by atoms with Crippen molar-refractivity contribution in [3.8, 4) is 50.4 Å². The lowest BCUT2D eigenvalue weighted by Crippen LogP contribution is -1.94. The zero-order chi connectivity index (χ0) is 51.6. The lowest BCUT2D eigenvalue weighted by molar-refractivity contribution is 1.18. The highest BCUT2D eigenvalue weighted by atomic mass is 32.1. The zero-order valence-corrected chi connectivity index (χ0v) is 44.2. The molecular weight excluding hydrogens is 983 g/mol. The molecule has 16 aromatic rings. The maximum Gasteiger partial charge on any atom is 0.0541 e. The van der Waals surface area contributed by atoms with Crippen molar-refractivity contribution in [3.63, 3.8) is 0 Å². The van der Waals surface area contributed by atoms with Crippen molar-refractivity contribution >= 4 is 131 Å². The van der Waals surface area contributed by atoms with Crippen LogP contribution in [0.1, 0.15) is 17.4 Å². The molecule has 0 N–H and O–H groups in total. The summed E-state index contributed by atoms with van der Waals surface area (Å²) in [5, 5.41) is 11.3. The summed E-state index contributed by atoms with van der Waals surface area (Å²) in [7, 11) is 0. The van der Waals surface area contributed by atoms with Gasteiger partial charge in [-0.05, 0) is 155 Å². The minimum absolute atomic E-state index is 1.13. The van der Waals surface area contributed by atoms with Crippen molar-refractivity contribution in [1.82, 2.24) is 13.7 Å². The second kappa shape index (κ2) is 17.5. The monoisotopic (exact) mass is 1030 g/mol. The molecule has 0 saturated heterocycles. The summed E-state index contributed by atoms with van der Waals surface area (Å²) in [6, 6.07) is 88.1. The molecule has 0 fully saturated rings. The number of allylic oxidation sites excluding steroid dienone is 1. The fraction of sp³-hybridized carbons (Fsp3) is 0.0137. The number of thiophene rings is 2. The largest absolute Gasteiger partial charge is 0.309 e. The van der Waals surface area contributed by atoms with Crippen LogP contribution >= 0.6 is 22.7 Å². The van der Waals surface area contributed by atoms with Gasteiger partial charge in [0.1, 0.15) is 0 Å². The fourth-order valence-electron chi connectivity index (χ4n) is 12.7. The fourth-order valence-corrected chi connectivity index (χ4v) is 14.9. The van der Waals surface area contributed by atoms with Crippen molar-refractivity contribution in [2.24, 2.45) is 0 Å². The first-order valence-corrected chi connectivity index (χ1v) is 28.3. The quantitative estimate of drug-likeness (QED) is 0.144. The van der Waals surface area contributed by atoms with E-state index in [9.17, 15) is 0 Å². The van der Waals surface area contributed by atoms with Crippen molar-refractivity contribution < 1.29 is 0 Å². The van der Waals surface area contributed by atoms with E-state index in [4.69, 9.17) is 0 Å². The van der Waals surface area contributed by atoms with Crippen molar-refractivity contribution in [2.75, 3.05) is 0 Å². The van der Waals surface area contributed by atoms with E-state index < -0.39 is 0 Å². The third-order valence-corrected chi connectivity index (χ3v) is 18.5. The van der Waals surface area contributed by atoms with E-state index in [1.165, 1.54) is 134 Å². The van der Waals surface area contributed by atoms with Crippen LogP contribution in [-0.2, 0) is 0 Å². The number of fused-ring (bicyclic) bond motifs is 13. The summed E-state index contributed by atoms with van der Waals surface area (Å²) in [5.74, 6) is 0. The second-order valence-corrected chi connectivity index (χ2v) is 22.5. The van der Waals surface area contributed by atoms with E-state index in [1.807, 2.05) is 28.7 Å².